The molecular weight excluding hydrogens is 434 g/mol. The third kappa shape index (κ3) is 6.84. The number of hydrogen-bond donors (Lipinski definition) is 3. The summed E-state index contributed by atoms with van der Waals surface area (Å²) in [4.78, 5) is 41.1. The first-order valence-corrected chi connectivity index (χ1v) is 11.4. The molecular formula is C26H31N3O5. The predicted octanol–water partition coefficient (Wildman–Crippen LogP) is 3.85. The van der Waals surface area contributed by atoms with Gasteiger partial charge in [-0.15, -0.1) is 0 Å². The number of amides is 2. The van der Waals surface area contributed by atoms with E-state index in [9.17, 15) is 14.4 Å². The molecule has 180 valence electrons. The van der Waals surface area contributed by atoms with E-state index < -0.39 is 30.1 Å². The number of fused-ring (bicyclic) bond motifs is 1. The maximum Gasteiger partial charge on any atom is 0.408 e. The molecule has 0 saturated carbocycles. The molecule has 2 aromatic carbocycles. The second kappa shape index (κ2) is 12.4. The smallest absolute Gasteiger partial charge is 0.408 e. The molecule has 0 aliphatic rings. The Morgan fingerprint density at radius 3 is 2.44 bits per heavy atom. The summed E-state index contributed by atoms with van der Waals surface area (Å²) in [6.45, 7) is 2.09. The zero-order chi connectivity index (χ0) is 24.3. The van der Waals surface area contributed by atoms with Crippen molar-refractivity contribution < 1.29 is 23.9 Å². The predicted molar refractivity (Wildman–Crippen MR) is 129 cm³/mol. The molecule has 0 aliphatic carbocycles. The number of carbonyl (C=O) groups is 3. The fraction of sp³-hybridized carbons (Fsp3) is 0.346. The molecule has 0 radical (unpaired) electrons. The summed E-state index contributed by atoms with van der Waals surface area (Å²) in [5.41, 5.74) is 2.67. The molecule has 1 heterocycles. The van der Waals surface area contributed by atoms with E-state index in [-0.39, 0.29) is 13.0 Å². The number of H-pyrrole nitrogens is 1. The largest absolute Gasteiger partial charge is 0.467 e. The maximum absolute atomic E-state index is 13.1. The fourth-order valence-electron chi connectivity index (χ4n) is 3.71. The van der Waals surface area contributed by atoms with Gasteiger partial charge in [0.25, 0.3) is 0 Å². The van der Waals surface area contributed by atoms with Crippen LogP contribution in [-0.2, 0) is 32.1 Å². The van der Waals surface area contributed by atoms with Crippen molar-refractivity contribution in [2.45, 2.75) is 51.3 Å². The molecule has 0 aliphatic heterocycles. The van der Waals surface area contributed by atoms with Crippen LogP contribution >= 0.6 is 0 Å². The van der Waals surface area contributed by atoms with Crippen molar-refractivity contribution in [3.63, 3.8) is 0 Å². The Kier molecular flexibility index (Phi) is 9.08. The fourth-order valence-corrected chi connectivity index (χ4v) is 3.71. The Balaban J connectivity index is 1.66. The van der Waals surface area contributed by atoms with E-state index in [0.717, 1.165) is 34.9 Å². The highest BCUT2D eigenvalue weighted by molar-refractivity contribution is 5.90. The van der Waals surface area contributed by atoms with Crippen molar-refractivity contribution in [1.82, 2.24) is 15.6 Å². The Hall–Kier alpha value is -3.81. The third-order valence-corrected chi connectivity index (χ3v) is 5.57. The number of aromatic amines is 1. The Morgan fingerprint density at radius 2 is 1.71 bits per heavy atom. The number of esters is 1. The molecule has 8 heteroatoms. The summed E-state index contributed by atoms with van der Waals surface area (Å²) >= 11 is 0. The van der Waals surface area contributed by atoms with Crippen LogP contribution < -0.4 is 10.6 Å². The third-order valence-electron chi connectivity index (χ3n) is 5.57. The number of nitrogens with one attached hydrogen (secondary N) is 3. The van der Waals surface area contributed by atoms with Crippen LogP contribution in [0.25, 0.3) is 10.9 Å². The van der Waals surface area contributed by atoms with E-state index in [1.807, 2.05) is 67.7 Å². The van der Waals surface area contributed by atoms with Gasteiger partial charge in [0.05, 0.1) is 7.11 Å². The minimum absolute atomic E-state index is 0.0974. The van der Waals surface area contributed by atoms with E-state index in [1.54, 1.807) is 0 Å². The number of carbonyl (C=O) groups excluding carboxylic acids is 3. The normalized spacial score (nSPS) is 12.5. The quantitative estimate of drug-likeness (QED) is 0.373. The molecule has 2 atom stereocenters. The molecule has 2 unspecified atom stereocenters. The van der Waals surface area contributed by atoms with Gasteiger partial charge in [-0.3, -0.25) is 4.79 Å². The van der Waals surface area contributed by atoms with Gasteiger partial charge in [0.1, 0.15) is 18.7 Å². The highest BCUT2D eigenvalue weighted by Gasteiger charge is 2.28. The highest BCUT2D eigenvalue weighted by atomic mass is 16.5. The molecule has 0 spiro atoms. The number of hydrogen-bond acceptors (Lipinski definition) is 5. The van der Waals surface area contributed by atoms with Crippen LogP contribution in [0.5, 0.6) is 0 Å². The van der Waals surface area contributed by atoms with Crippen molar-refractivity contribution in [2.24, 2.45) is 0 Å². The van der Waals surface area contributed by atoms with Gasteiger partial charge >= 0.3 is 12.1 Å². The average Bonchev–Trinajstić information content (AvgIpc) is 3.27. The molecule has 3 N–H and O–H groups in total. The second-order valence-corrected chi connectivity index (χ2v) is 8.05. The Morgan fingerprint density at radius 1 is 0.971 bits per heavy atom. The number of methoxy groups -OCH3 is 1. The molecule has 0 bridgehead atoms. The molecule has 0 saturated heterocycles. The van der Waals surface area contributed by atoms with Crippen LogP contribution in [0.3, 0.4) is 0 Å². The van der Waals surface area contributed by atoms with Crippen LogP contribution in [0.4, 0.5) is 4.79 Å². The van der Waals surface area contributed by atoms with Crippen molar-refractivity contribution in [3.8, 4) is 0 Å². The Labute approximate surface area is 199 Å². The number of ether oxygens (including phenoxy) is 2. The highest BCUT2D eigenvalue weighted by Crippen LogP contribution is 2.19. The standard InChI is InChI=1S/C26H31N3O5/c1-3-4-13-22(29-26(32)34-17-18-10-6-5-7-11-18)24(30)28-23(25(31)33-2)15-19-16-27-21-14-9-8-12-20(19)21/h5-12,14,16,22-23,27H,3-4,13,15,17H2,1-2H3,(H,28,30)(H,29,32). The maximum atomic E-state index is 13.1. The Bertz CT molecular complexity index is 1100. The van der Waals surface area contributed by atoms with Crippen molar-refractivity contribution in [3.05, 3.63) is 71.9 Å². The van der Waals surface area contributed by atoms with Crippen LogP contribution in [-0.4, -0.2) is 42.1 Å². The monoisotopic (exact) mass is 465 g/mol. The minimum Gasteiger partial charge on any atom is -0.467 e. The topological polar surface area (TPSA) is 110 Å². The van der Waals surface area contributed by atoms with Gasteiger partial charge in [0.15, 0.2) is 0 Å². The SMILES string of the molecule is CCCCC(NC(=O)OCc1ccccc1)C(=O)NC(Cc1c[nH]c2ccccc12)C(=O)OC. The number of para-hydroxylation sites is 1. The molecule has 34 heavy (non-hydrogen) atoms. The molecule has 3 aromatic rings. The minimum atomic E-state index is -0.900. The lowest BCUT2D eigenvalue weighted by molar-refractivity contribution is -0.145. The average molecular weight is 466 g/mol. The van der Waals surface area contributed by atoms with Gasteiger partial charge in [0, 0.05) is 23.5 Å². The van der Waals surface area contributed by atoms with Crippen molar-refractivity contribution in [1.29, 1.82) is 0 Å². The summed E-state index contributed by atoms with van der Waals surface area (Å²) in [5.74, 6) is -1.01. The number of benzene rings is 2. The lowest BCUT2D eigenvalue weighted by Crippen LogP contribution is -2.52. The van der Waals surface area contributed by atoms with E-state index in [4.69, 9.17) is 9.47 Å². The first-order valence-electron chi connectivity index (χ1n) is 11.4. The van der Waals surface area contributed by atoms with E-state index >= 15 is 0 Å². The molecule has 3 rings (SSSR count). The van der Waals surface area contributed by atoms with Gasteiger partial charge < -0.3 is 25.1 Å². The number of aromatic nitrogens is 1. The van der Waals surface area contributed by atoms with Crippen LogP contribution in [0.15, 0.2) is 60.8 Å². The van der Waals surface area contributed by atoms with Gasteiger partial charge in [-0.1, -0.05) is 68.3 Å². The summed E-state index contributed by atoms with van der Waals surface area (Å²) in [5, 5.41) is 6.37. The second-order valence-electron chi connectivity index (χ2n) is 8.05. The van der Waals surface area contributed by atoms with Gasteiger partial charge in [0.2, 0.25) is 5.91 Å². The molecule has 1 aromatic heterocycles. The molecule has 8 nitrogen and oxygen atoms in total. The number of rotatable bonds is 11. The number of unbranched alkanes of at least 4 members (excludes halogenated alkanes) is 1. The first-order chi connectivity index (χ1) is 16.5. The van der Waals surface area contributed by atoms with Crippen molar-refractivity contribution in [2.75, 3.05) is 7.11 Å². The zero-order valence-corrected chi connectivity index (χ0v) is 19.5. The molecule has 2 amide bonds. The summed E-state index contributed by atoms with van der Waals surface area (Å²) in [6, 6.07) is 15.3. The zero-order valence-electron chi connectivity index (χ0n) is 19.5. The van der Waals surface area contributed by atoms with E-state index in [0.29, 0.717) is 6.42 Å². The number of alkyl carbamates (subject to hydrolysis) is 1. The van der Waals surface area contributed by atoms with Crippen LogP contribution in [0.2, 0.25) is 0 Å². The van der Waals surface area contributed by atoms with E-state index in [2.05, 4.69) is 15.6 Å². The van der Waals surface area contributed by atoms with Crippen molar-refractivity contribution >= 4 is 28.9 Å². The lowest BCUT2D eigenvalue weighted by atomic mass is 10.0. The summed E-state index contributed by atoms with van der Waals surface area (Å²) in [6.07, 6.45) is 3.38. The molecule has 0 fully saturated rings. The summed E-state index contributed by atoms with van der Waals surface area (Å²) < 4.78 is 10.2. The lowest BCUT2D eigenvalue weighted by Gasteiger charge is -2.22. The van der Waals surface area contributed by atoms with Gasteiger partial charge in [-0.25, -0.2) is 9.59 Å². The van der Waals surface area contributed by atoms with Crippen LogP contribution in [0.1, 0.15) is 37.3 Å². The first kappa shape index (κ1) is 24.8. The van der Waals surface area contributed by atoms with E-state index in [1.165, 1.54) is 7.11 Å². The summed E-state index contributed by atoms with van der Waals surface area (Å²) in [7, 11) is 1.28. The van der Waals surface area contributed by atoms with Gasteiger partial charge in [-0.05, 0) is 23.6 Å². The van der Waals surface area contributed by atoms with Gasteiger partial charge in [-0.2, -0.15) is 0 Å². The van der Waals surface area contributed by atoms with Crippen LogP contribution in [0, 0.1) is 0 Å².